The second-order valence-electron chi connectivity index (χ2n) is 5.33. The van der Waals surface area contributed by atoms with Crippen LogP contribution in [0.2, 0.25) is 5.02 Å². The lowest BCUT2D eigenvalue weighted by Gasteiger charge is -2.34. The Bertz CT molecular complexity index is 521. The predicted molar refractivity (Wildman–Crippen MR) is 87.5 cm³/mol. The zero-order valence-electron chi connectivity index (χ0n) is 12.2. The van der Waals surface area contributed by atoms with Crippen LogP contribution in [0.4, 0.5) is 0 Å². The molecule has 1 nitrogen and oxygen atoms in total. The van der Waals surface area contributed by atoms with Gasteiger partial charge in [-0.3, -0.25) is 0 Å². The fourth-order valence-corrected chi connectivity index (χ4v) is 2.97. The highest BCUT2D eigenvalue weighted by Gasteiger charge is 2.29. The van der Waals surface area contributed by atoms with Crippen molar-refractivity contribution in [3.8, 4) is 0 Å². The lowest BCUT2D eigenvalue weighted by molar-refractivity contribution is 0.391. The average molecular weight is 288 g/mol. The van der Waals surface area contributed by atoms with Crippen LogP contribution in [0.1, 0.15) is 24.5 Å². The number of rotatable bonds is 6. The summed E-state index contributed by atoms with van der Waals surface area (Å²) in [6, 6.07) is 19.0. The summed E-state index contributed by atoms with van der Waals surface area (Å²) in [5.41, 5.74) is 2.85. The Morgan fingerprint density at radius 2 is 1.65 bits per heavy atom. The van der Waals surface area contributed by atoms with Gasteiger partial charge in [0.1, 0.15) is 0 Å². The zero-order valence-corrected chi connectivity index (χ0v) is 13.0. The number of hydrogen-bond acceptors (Lipinski definition) is 1. The van der Waals surface area contributed by atoms with Crippen molar-refractivity contribution in [2.45, 2.75) is 25.2 Å². The molecule has 0 fully saturated rings. The summed E-state index contributed by atoms with van der Waals surface area (Å²) in [5.74, 6) is 0. The van der Waals surface area contributed by atoms with Crippen LogP contribution in [-0.4, -0.2) is 13.6 Å². The molecule has 2 rings (SSSR count). The molecule has 20 heavy (non-hydrogen) atoms. The van der Waals surface area contributed by atoms with Crippen LogP contribution in [0.25, 0.3) is 0 Å². The minimum atomic E-state index is 0.129. The third-order valence-electron chi connectivity index (χ3n) is 4.03. The Balaban J connectivity index is 2.34. The Labute approximate surface area is 127 Å². The Hall–Kier alpha value is -1.31. The second-order valence-corrected chi connectivity index (χ2v) is 5.77. The Morgan fingerprint density at radius 1 is 1.00 bits per heavy atom. The first kappa shape index (κ1) is 15.1. The molecule has 1 atom stereocenters. The van der Waals surface area contributed by atoms with Gasteiger partial charge in [-0.2, -0.15) is 0 Å². The maximum absolute atomic E-state index is 5.98. The third kappa shape index (κ3) is 3.41. The molecule has 0 heterocycles. The molecule has 2 heteroatoms. The molecular weight excluding hydrogens is 266 g/mol. The van der Waals surface area contributed by atoms with E-state index in [9.17, 15) is 0 Å². The number of halogens is 1. The number of hydrogen-bond donors (Lipinski definition) is 1. The maximum atomic E-state index is 5.98. The first-order chi connectivity index (χ1) is 9.70. The standard InChI is InChI=1S/C18H22ClN/c1-3-18(14-20-2,16-7-5-4-6-8-16)13-15-9-11-17(19)12-10-15/h4-12,20H,3,13-14H2,1-2H3. The van der Waals surface area contributed by atoms with Crippen LogP contribution in [0.5, 0.6) is 0 Å². The first-order valence-corrected chi connectivity index (χ1v) is 7.52. The van der Waals surface area contributed by atoms with Crippen LogP contribution in [0.3, 0.4) is 0 Å². The van der Waals surface area contributed by atoms with Gasteiger partial charge < -0.3 is 5.32 Å². The van der Waals surface area contributed by atoms with Gasteiger partial charge in [-0.15, -0.1) is 0 Å². The lowest BCUT2D eigenvalue weighted by atomic mass is 9.73. The largest absolute Gasteiger partial charge is 0.319 e. The quantitative estimate of drug-likeness (QED) is 0.828. The van der Waals surface area contributed by atoms with Gasteiger partial charge in [-0.05, 0) is 43.1 Å². The minimum absolute atomic E-state index is 0.129. The van der Waals surface area contributed by atoms with E-state index >= 15 is 0 Å². The molecule has 0 saturated heterocycles. The highest BCUT2D eigenvalue weighted by molar-refractivity contribution is 6.30. The first-order valence-electron chi connectivity index (χ1n) is 7.15. The molecule has 2 aromatic rings. The van der Waals surface area contributed by atoms with Crippen molar-refractivity contribution in [3.63, 3.8) is 0 Å². The average Bonchev–Trinajstić information content (AvgIpc) is 2.50. The van der Waals surface area contributed by atoms with Crippen LogP contribution in [0, 0.1) is 0 Å². The van der Waals surface area contributed by atoms with E-state index in [0.29, 0.717) is 0 Å². The Morgan fingerprint density at radius 3 is 2.20 bits per heavy atom. The van der Waals surface area contributed by atoms with E-state index in [1.807, 2.05) is 19.2 Å². The monoisotopic (exact) mass is 287 g/mol. The van der Waals surface area contributed by atoms with Crippen LogP contribution >= 0.6 is 11.6 Å². The van der Waals surface area contributed by atoms with Crippen molar-refractivity contribution in [1.82, 2.24) is 5.32 Å². The van der Waals surface area contributed by atoms with Crippen LogP contribution in [-0.2, 0) is 11.8 Å². The molecule has 0 bridgehead atoms. The second kappa shape index (κ2) is 6.92. The van der Waals surface area contributed by atoms with Crippen molar-refractivity contribution < 1.29 is 0 Å². The molecule has 0 aliphatic rings. The molecule has 2 aromatic carbocycles. The summed E-state index contributed by atoms with van der Waals surface area (Å²) in [4.78, 5) is 0. The molecule has 0 aliphatic heterocycles. The third-order valence-corrected chi connectivity index (χ3v) is 4.29. The van der Waals surface area contributed by atoms with Crippen molar-refractivity contribution in [2.75, 3.05) is 13.6 Å². The van der Waals surface area contributed by atoms with E-state index in [-0.39, 0.29) is 5.41 Å². The van der Waals surface area contributed by atoms with Gasteiger partial charge in [-0.25, -0.2) is 0 Å². The van der Waals surface area contributed by atoms with E-state index in [4.69, 9.17) is 11.6 Å². The fraction of sp³-hybridized carbons (Fsp3) is 0.333. The predicted octanol–water partition coefficient (Wildman–Crippen LogP) is 4.45. The van der Waals surface area contributed by atoms with Gasteiger partial charge in [-0.1, -0.05) is 61.0 Å². The summed E-state index contributed by atoms with van der Waals surface area (Å²) >= 11 is 5.98. The highest BCUT2D eigenvalue weighted by Crippen LogP contribution is 2.31. The van der Waals surface area contributed by atoms with E-state index in [1.165, 1.54) is 11.1 Å². The van der Waals surface area contributed by atoms with Crippen LogP contribution < -0.4 is 5.32 Å². The Kier molecular flexibility index (Phi) is 5.22. The van der Waals surface area contributed by atoms with Gasteiger partial charge >= 0.3 is 0 Å². The molecule has 0 radical (unpaired) electrons. The highest BCUT2D eigenvalue weighted by atomic mass is 35.5. The summed E-state index contributed by atoms with van der Waals surface area (Å²) in [6.45, 7) is 3.23. The van der Waals surface area contributed by atoms with E-state index < -0.39 is 0 Å². The summed E-state index contributed by atoms with van der Waals surface area (Å²) in [6.07, 6.45) is 2.12. The number of nitrogens with one attached hydrogen (secondary N) is 1. The smallest absolute Gasteiger partial charge is 0.0406 e. The van der Waals surface area contributed by atoms with Gasteiger partial charge in [0.2, 0.25) is 0 Å². The molecule has 106 valence electrons. The van der Waals surface area contributed by atoms with E-state index in [2.05, 4.69) is 54.7 Å². The van der Waals surface area contributed by atoms with E-state index in [1.54, 1.807) is 0 Å². The SMILES string of the molecule is CCC(CNC)(Cc1ccc(Cl)cc1)c1ccccc1. The van der Waals surface area contributed by atoms with E-state index in [0.717, 1.165) is 24.4 Å². The molecule has 0 aromatic heterocycles. The van der Waals surface area contributed by atoms with Crippen molar-refractivity contribution in [2.24, 2.45) is 0 Å². The van der Waals surface area contributed by atoms with Crippen molar-refractivity contribution in [3.05, 3.63) is 70.7 Å². The summed E-state index contributed by atoms with van der Waals surface area (Å²) in [5, 5.41) is 4.16. The molecule has 1 N–H and O–H groups in total. The number of likely N-dealkylation sites (N-methyl/N-ethyl adjacent to an activating group) is 1. The fourth-order valence-electron chi connectivity index (χ4n) is 2.84. The molecule has 0 spiro atoms. The molecular formula is C18H22ClN. The van der Waals surface area contributed by atoms with Crippen molar-refractivity contribution in [1.29, 1.82) is 0 Å². The summed E-state index contributed by atoms with van der Waals surface area (Å²) < 4.78 is 0. The molecule has 0 amide bonds. The molecule has 1 unspecified atom stereocenters. The lowest BCUT2D eigenvalue weighted by Crippen LogP contribution is -2.38. The zero-order chi connectivity index (χ0) is 14.4. The van der Waals surface area contributed by atoms with Crippen LogP contribution in [0.15, 0.2) is 54.6 Å². The minimum Gasteiger partial charge on any atom is -0.319 e. The topological polar surface area (TPSA) is 12.0 Å². The normalized spacial score (nSPS) is 13.9. The summed E-state index contributed by atoms with van der Waals surface area (Å²) in [7, 11) is 2.02. The van der Waals surface area contributed by atoms with Gasteiger partial charge in [0.25, 0.3) is 0 Å². The van der Waals surface area contributed by atoms with Gasteiger partial charge in [0.15, 0.2) is 0 Å². The van der Waals surface area contributed by atoms with Gasteiger partial charge in [0, 0.05) is 17.0 Å². The maximum Gasteiger partial charge on any atom is 0.0406 e. The molecule has 0 aliphatic carbocycles. The number of benzene rings is 2. The van der Waals surface area contributed by atoms with Crippen molar-refractivity contribution >= 4 is 11.6 Å². The van der Waals surface area contributed by atoms with Gasteiger partial charge in [0.05, 0.1) is 0 Å². The molecule has 0 saturated carbocycles.